The molecule has 0 aromatic heterocycles. The first kappa shape index (κ1) is 15.7. The zero-order chi connectivity index (χ0) is 9.45. The zero-order valence-corrected chi connectivity index (χ0v) is 9.98. The molecule has 1 N–H and O–H groups in total. The Morgan fingerprint density at radius 3 is 1.31 bits per heavy atom. The van der Waals surface area contributed by atoms with Crippen LogP contribution in [0.1, 0.15) is 40.0 Å². The van der Waals surface area contributed by atoms with Gasteiger partial charge in [0, 0.05) is 0 Å². The Balaban J connectivity index is 0. The molecule has 0 saturated heterocycles. The molecule has 0 aliphatic carbocycles. The lowest BCUT2D eigenvalue weighted by molar-refractivity contribution is -0.945. The van der Waals surface area contributed by atoms with Gasteiger partial charge in [0.15, 0.2) is 6.73 Å². The summed E-state index contributed by atoms with van der Waals surface area (Å²) in [5.74, 6) is 0. The van der Waals surface area contributed by atoms with Crippen LogP contribution in [0.4, 0.5) is 0 Å². The number of rotatable bonds is 7. The van der Waals surface area contributed by atoms with Crippen molar-refractivity contribution in [2.45, 2.75) is 40.0 Å². The van der Waals surface area contributed by atoms with E-state index in [1.54, 1.807) is 0 Å². The van der Waals surface area contributed by atoms with E-state index in [-0.39, 0.29) is 12.4 Å². The summed E-state index contributed by atoms with van der Waals surface area (Å²) in [6.07, 6.45) is 3.50. The lowest BCUT2D eigenvalue weighted by Gasteiger charge is -2.36. The van der Waals surface area contributed by atoms with Crippen molar-refractivity contribution in [3.63, 3.8) is 0 Å². The van der Waals surface area contributed by atoms with Crippen molar-refractivity contribution < 1.29 is 22.0 Å². The van der Waals surface area contributed by atoms with Crippen molar-refractivity contribution in [2.24, 2.45) is 0 Å². The Hall–Kier alpha value is 0.210. The van der Waals surface area contributed by atoms with Gasteiger partial charge in [0.1, 0.15) is 0 Å². The van der Waals surface area contributed by atoms with Gasteiger partial charge in [-0.2, -0.15) is 0 Å². The SMILES string of the molecule is CCC[N+](CO)(CCC)CCC.[Cl-]. The third-order valence-electron chi connectivity index (χ3n) is 2.39. The third-order valence-corrected chi connectivity index (χ3v) is 2.39. The van der Waals surface area contributed by atoms with Crippen LogP contribution in [0, 0.1) is 0 Å². The van der Waals surface area contributed by atoms with Crippen molar-refractivity contribution in [1.29, 1.82) is 0 Å². The lowest BCUT2D eigenvalue weighted by atomic mass is 10.2. The second kappa shape index (κ2) is 8.79. The molecule has 0 bridgehead atoms. The number of hydrogen-bond donors (Lipinski definition) is 1. The summed E-state index contributed by atoms with van der Waals surface area (Å²) in [6.45, 7) is 10.2. The molecular weight excluding hydrogens is 186 g/mol. The van der Waals surface area contributed by atoms with Crippen molar-refractivity contribution in [1.82, 2.24) is 0 Å². The van der Waals surface area contributed by atoms with E-state index in [9.17, 15) is 5.11 Å². The fourth-order valence-corrected chi connectivity index (χ4v) is 1.97. The van der Waals surface area contributed by atoms with Gasteiger partial charge in [-0.15, -0.1) is 0 Å². The number of halogens is 1. The Kier molecular flexibility index (Phi) is 10.6. The van der Waals surface area contributed by atoms with Crippen LogP contribution in [0.3, 0.4) is 0 Å². The number of aliphatic hydroxyl groups is 1. The van der Waals surface area contributed by atoms with E-state index in [1.165, 1.54) is 19.3 Å². The maximum absolute atomic E-state index is 9.34. The van der Waals surface area contributed by atoms with Crippen LogP contribution in [0.15, 0.2) is 0 Å². The van der Waals surface area contributed by atoms with Crippen molar-refractivity contribution in [3.8, 4) is 0 Å². The fraction of sp³-hybridized carbons (Fsp3) is 1.00. The maximum atomic E-state index is 9.34. The van der Waals surface area contributed by atoms with E-state index in [0.29, 0.717) is 6.73 Å². The predicted molar refractivity (Wildman–Crippen MR) is 52.8 cm³/mol. The van der Waals surface area contributed by atoms with Gasteiger partial charge in [-0.05, 0) is 19.3 Å². The molecule has 0 aliphatic rings. The largest absolute Gasteiger partial charge is 1.00 e. The first-order valence-electron chi connectivity index (χ1n) is 5.20. The molecule has 0 aliphatic heterocycles. The number of quaternary nitrogens is 1. The summed E-state index contributed by atoms with van der Waals surface area (Å²) in [7, 11) is 0. The molecule has 0 heterocycles. The monoisotopic (exact) mass is 209 g/mol. The second-order valence-electron chi connectivity index (χ2n) is 3.65. The number of aliphatic hydroxyl groups excluding tert-OH is 1. The van der Waals surface area contributed by atoms with Gasteiger partial charge in [-0.3, -0.25) is 0 Å². The van der Waals surface area contributed by atoms with Gasteiger partial charge >= 0.3 is 0 Å². The Labute approximate surface area is 88.9 Å². The lowest BCUT2D eigenvalue weighted by Crippen LogP contribution is -3.00. The molecule has 0 spiro atoms. The van der Waals surface area contributed by atoms with E-state index < -0.39 is 0 Å². The third kappa shape index (κ3) is 5.50. The van der Waals surface area contributed by atoms with Crippen molar-refractivity contribution >= 4 is 0 Å². The van der Waals surface area contributed by atoms with Gasteiger partial charge in [0.05, 0.1) is 19.6 Å². The normalized spacial score (nSPS) is 11.1. The molecule has 0 rings (SSSR count). The molecule has 3 heteroatoms. The van der Waals surface area contributed by atoms with E-state index >= 15 is 0 Å². The van der Waals surface area contributed by atoms with Crippen LogP contribution in [-0.2, 0) is 0 Å². The van der Waals surface area contributed by atoms with Crippen molar-refractivity contribution in [2.75, 3.05) is 26.4 Å². The summed E-state index contributed by atoms with van der Waals surface area (Å²) in [5, 5.41) is 9.34. The van der Waals surface area contributed by atoms with Gasteiger partial charge in [-0.25, -0.2) is 0 Å². The van der Waals surface area contributed by atoms with E-state index in [4.69, 9.17) is 0 Å². The highest BCUT2D eigenvalue weighted by molar-refractivity contribution is 4.39. The first-order valence-corrected chi connectivity index (χ1v) is 5.20. The molecule has 0 fully saturated rings. The average Bonchev–Trinajstić information content (AvgIpc) is 2.06. The van der Waals surface area contributed by atoms with Crippen molar-refractivity contribution in [3.05, 3.63) is 0 Å². The molecular formula is C10H24ClNO. The molecule has 0 atom stereocenters. The van der Waals surface area contributed by atoms with Crippen LogP contribution in [0.25, 0.3) is 0 Å². The summed E-state index contributed by atoms with van der Waals surface area (Å²) >= 11 is 0. The first-order chi connectivity index (χ1) is 5.74. The van der Waals surface area contributed by atoms with Gasteiger partial charge in [0.25, 0.3) is 0 Å². The smallest absolute Gasteiger partial charge is 0.180 e. The molecule has 13 heavy (non-hydrogen) atoms. The Bertz CT molecular complexity index is 92.1. The zero-order valence-electron chi connectivity index (χ0n) is 9.22. The van der Waals surface area contributed by atoms with Gasteiger partial charge < -0.3 is 22.0 Å². The molecule has 0 saturated carbocycles. The average molecular weight is 210 g/mol. The molecule has 82 valence electrons. The Morgan fingerprint density at radius 2 is 1.15 bits per heavy atom. The second-order valence-corrected chi connectivity index (χ2v) is 3.65. The molecule has 0 unspecified atom stereocenters. The molecule has 0 radical (unpaired) electrons. The minimum atomic E-state index is 0. The quantitative estimate of drug-likeness (QED) is 0.421. The summed E-state index contributed by atoms with van der Waals surface area (Å²) < 4.78 is 0.906. The molecule has 2 nitrogen and oxygen atoms in total. The van der Waals surface area contributed by atoms with E-state index in [0.717, 1.165) is 24.1 Å². The topological polar surface area (TPSA) is 20.2 Å². The molecule has 0 aromatic carbocycles. The summed E-state index contributed by atoms with van der Waals surface area (Å²) in [5.41, 5.74) is 0. The standard InChI is InChI=1S/C10H24NO.ClH/c1-4-7-11(10-12,8-5-2)9-6-3;/h12H,4-10H2,1-3H3;1H/q+1;/p-1. The van der Waals surface area contributed by atoms with Crippen LogP contribution in [0.2, 0.25) is 0 Å². The molecule has 0 aromatic rings. The van der Waals surface area contributed by atoms with E-state index in [2.05, 4.69) is 20.8 Å². The minimum Gasteiger partial charge on any atom is -1.00 e. The van der Waals surface area contributed by atoms with Crippen LogP contribution >= 0.6 is 0 Å². The summed E-state index contributed by atoms with van der Waals surface area (Å²) in [4.78, 5) is 0. The summed E-state index contributed by atoms with van der Waals surface area (Å²) in [6, 6.07) is 0. The Morgan fingerprint density at radius 1 is 0.846 bits per heavy atom. The predicted octanol–water partition coefficient (Wildman–Crippen LogP) is -1.01. The van der Waals surface area contributed by atoms with Crippen LogP contribution in [0.5, 0.6) is 0 Å². The van der Waals surface area contributed by atoms with Crippen LogP contribution in [-0.4, -0.2) is 36.0 Å². The number of nitrogens with zero attached hydrogens (tertiary/aromatic N) is 1. The fourth-order valence-electron chi connectivity index (χ4n) is 1.97. The van der Waals surface area contributed by atoms with Crippen LogP contribution < -0.4 is 12.4 Å². The number of hydrogen-bond acceptors (Lipinski definition) is 1. The van der Waals surface area contributed by atoms with E-state index in [1.807, 2.05) is 0 Å². The highest BCUT2D eigenvalue weighted by atomic mass is 35.5. The molecule has 0 amide bonds. The highest BCUT2D eigenvalue weighted by Gasteiger charge is 2.22. The van der Waals surface area contributed by atoms with Gasteiger partial charge in [0.2, 0.25) is 0 Å². The highest BCUT2D eigenvalue weighted by Crippen LogP contribution is 2.09. The minimum absolute atomic E-state index is 0. The van der Waals surface area contributed by atoms with Gasteiger partial charge in [-0.1, -0.05) is 20.8 Å². The maximum Gasteiger partial charge on any atom is 0.180 e.